The Labute approximate surface area is 111 Å². The molecule has 1 aromatic carbocycles. The minimum Gasteiger partial charge on any atom is -0.481 e. The molecule has 0 saturated carbocycles. The van der Waals surface area contributed by atoms with E-state index in [4.69, 9.17) is 10.5 Å². The molecule has 1 aromatic heterocycles. The predicted molar refractivity (Wildman–Crippen MR) is 63.4 cm³/mol. The molecule has 0 saturated heterocycles. The van der Waals surface area contributed by atoms with Gasteiger partial charge >= 0.3 is 6.18 Å². The molecule has 106 valence electrons. The van der Waals surface area contributed by atoms with Crippen molar-refractivity contribution in [2.75, 3.05) is 12.8 Å². The van der Waals surface area contributed by atoms with E-state index in [0.717, 1.165) is 12.1 Å². The van der Waals surface area contributed by atoms with Crippen LogP contribution in [-0.4, -0.2) is 17.1 Å². The third-order valence-corrected chi connectivity index (χ3v) is 2.50. The lowest BCUT2D eigenvalue weighted by atomic mass is 10.1. The van der Waals surface area contributed by atoms with Crippen LogP contribution in [0.3, 0.4) is 0 Å². The van der Waals surface area contributed by atoms with Crippen molar-refractivity contribution >= 4 is 5.95 Å². The van der Waals surface area contributed by atoms with Crippen LogP contribution in [0.4, 0.5) is 23.5 Å². The van der Waals surface area contributed by atoms with Gasteiger partial charge in [0.1, 0.15) is 5.82 Å². The van der Waals surface area contributed by atoms with E-state index in [2.05, 4.69) is 9.97 Å². The summed E-state index contributed by atoms with van der Waals surface area (Å²) in [6.07, 6.45) is -4.75. The first-order valence-electron chi connectivity index (χ1n) is 5.37. The van der Waals surface area contributed by atoms with Crippen molar-refractivity contribution in [1.82, 2.24) is 9.97 Å². The monoisotopic (exact) mass is 287 g/mol. The van der Waals surface area contributed by atoms with Crippen LogP contribution in [0, 0.1) is 5.82 Å². The molecule has 0 fully saturated rings. The number of nitrogens with two attached hydrogens (primary N) is 1. The molecule has 2 aromatic rings. The summed E-state index contributed by atoms with van der Waals surface area (Å²) in [4.78, 5) is 7.55. The van der Waals surface area contributed by atoms with Crippen LogP contribution >= 0.6 is 0 Å². The summed E-state index contributed by atoms with van der Waals surface area (Å²) in [5.74, 6) is -1.38. The quantitative estimate of drug-likeness (QED) is 0.863. The molecule has 0 spiro atoms. The van der Waals surface area contributed by atoms with E-state index in [1.54, 1.807) is 0 Å². The molecule has 8 heteroatoms. The molecule has 0 bridgehead atoms. The zero-order chi connectivity index (χ0) is 14.9. The highest BCUT2D eigenvalue weighted by Crippen LogP contribution is 2.33. The standard InChI is InChI=1S/C12H9F4N3O/c1-20-10-5-9(18-11(17)19-10)6-2-3-7(8(13)4-6)12(14,15)16/h2-5H,1H3,(H2,17,18,19). The zero-order valence-corrected chi connectivity index (χ0v) is 10.2. The lowest BCUT2D eigenvalue weighted by Gasteiger charge is -2.10. The molecular formula is C12H9F4N3O. The van der Waals surface area contributed by atoms with Gasteiger partial charge in [0.15, 0.2) is 0 Å². The Kier molecular flexibility index (Phi) is 3.47. The Balaban J connectivity index is 2.49. The fourth-order valence-corrected chi connectivity index (χ4v) is 1.60. The van der Waals surface area contributed by atoms with Crippen LogP contribution < -0.4 is 10.5 Å². The number of rotatable bonds is 2. The van der Waals surface area contributed by atoms with Crippen molar-refractivity contribution in [1.29, 1.82) is 0 Å². The van der Waals surface area contributed by atoms with Gasteiger partial charge in [-0.3, -0.25) is 0 Å². The number of aromatic nitrogens is 2. The molecule has 0 radical (unpaired) electrons. The van der Waals surface area contributed by atoms with E-state index in [-0.39, 0.29) is 23.1 Å². The van der Waals surface area contributed by atoms with E-state index in [9.17, 15) is 17.6 Å². The van der Waals surface area contributed by atoms with Gasteiger partial charge in [0.25, 0.3) is 0 Å². The largest absolute Gasteiger partial charge is 0.481 e. The Morgan fingerprint density at radius 1 is 1.15 bits per heavy atom. The smallest absolute Gasteiger partial charge is 0.419 e. The maximum Gasteiger partial charge on any atom is 0.419 e. The average Bonchev–Trinajstić information content (AvgIpc) is 2.36. The van der Waals surface area contributed by atoms with E-state index in [1.807, 2.05) is 0 Å². The van der Waals surface area contributed by atoms with E-state index in [0.29, 0.717) is 6.07 Å². The highest BCUT2D eigenvalue weighted by atomic mass is 19.4. The second-order valence-corrected chi connectivity index (χ2v) is 3.85. The van der Waals surface area contributed by atoms with Crippen molar-refractivity contribution in [2.24, 2.45) is 0 Å². The third kappa shape index (κ3) is 2.79. The molecule has 0 aliphatic carbocycles. The summed E-state index contributed by atoms with van der Waals surface area (Å²) in [6, 6.07) is 3.84. The Morgan fingerprint density at radius 3 is 2.40 bits per heavy atom. The van der Waals surface area contributed by atoms with Gasteiger partial charge < -0.3 is 10.5 Å². The summed E-state index contributed by atoms with van der Waals surface area (Å²) in [7, 11) is 1.35. The lowest BCUT2D eigenvalue weighted by Crippen LogP contribution is -2.08. The van der Waals surface area contributed by atoms with Crippen LogP contribution in [0.1, 0.15) is 5.56 Å². The van der Waals surface area contributed by atoms with Crippen LogP contribution in [0.25, 0.3) is 11.3 Å². The second-order valence-electron chi connectivity index (χ2n) is 3.85. The first-order chi connectivity index (χ1) is 9.31. The highest BCUT2D eigenvalue weighted by molar-refractivity contribution is 5.62. The summed E-state index contributed by atoms with van der Waals surface area (Å²) in [5.41, 5.74) is 4.41. The Bertz CT molecular complexity index is 643. The van der Waals surface area contributed by atoms with Gasteiger partial charge in [-0.2, -0.15) is 18.2 Å². The van der Waals surface area contributed by atoms with Crippen LogP contribution in [0.5, 0.6) is 5.88 Å². The number of ether oxygens (including phenoxy) is 1. The molecule has 2 rings (SSSR count). The molecule has 0 aliphatic heterocycles. The number of hydrogen-bond acceptors (Lipinski definition) is 4. The van der Waals surface area contributed by atoms with Crippen LogP contribution in [0.2, 0.25) is 0 Å². The third-order valence-electron chi connectivity index (χ3n) is 2.50. The zero-order valence-electron chi connectivity index (χ0n) is 10.2. The summed E-state index contributed by atoms with van der Waals surface area (Å²) in [5, 5.41) is 0. The van der Waals surface area contributed by atoms with Gasteiger partial charge in [0, 0.05) is 11.6 Å². The van der Waals surface area contributed by atoms with Gasteiger partial charge in [-0.15, -0.1) is 0 Å². The fourth-order valence-electron chi connectivity index (χ4n) is 1.60. The topological polar surface area (TPSA) is 61.0 Å². The van der Waals surface area contributed by atoms with E-state index < -0.39 is 17.6 Å². The first-order valence-corrected chi connectivity index (χ1v) is 5.37. The van der Waals surface area contributed by atoms with Gasteiger partial charge in [-0.1, -0.05) is 6.07 Å². The minimum absolute atomic E-state index is 0.125. The van der Waals surface area contributed by atoms with E-state index in [1.165, 1.54) is 13.2 Å². The molecule has 0 atom stereocenters. The van der Waals surface area contributed by atoms with Crippen LogP contribution in [0.15, 0.2) is 24.3 Å². The molecule has 20 heavy (non-hydrogen) atoms. The van der Waals surface area contributed by atoms with Crippen molar-refractivity contribution in [3.8, 4) is 17.1 Å². The van der Waals surface area contributed by atoms with Crippen molar-refractivity contribution in [3.05, 3.63) is 35.6 Å². The van der Waals surface area contributed by atoms with Crippen molar-refractivity contribution < 1.29 is 22.3 Å². The van der Waals surface area contributed by atoms with Gasteiger partial charge in [0.05, 0.1) is 18.4 Å². The van der Waals surface area contributed by atoms with Crippen LogP contribution in [-0.2, 0) is 6.18 Å². The van der Waals surface area contributed by atoms with Gasteiger partial charge in [0.2, 0.25) is 11.8 Å². The van der Waals surface area contributed by atoms with Gasteiger partial charge in [-0.05, 0) is 12.1 Å². The summed E-state index contributed by atoms with van der Waals surface area (Å²) < 4.78 is 55.7. The van der Waals surface area contributed by atoms with Crippen molar-refractivity contribution in [2.45, 2.75) is 6.18 Å². The fraction of sp³-hybridized carbons (Fsp3) is 0.167. The molecule has 2 N–H and O–H groups in total. The molecule has 0 aliphatic rings. The normalized spacial score (nSPS) is 11.4. The number of alkyl halides is 3. The Hall–Kier alpha value is -2.38. The molecular weight excluding hydrogens is 278 g/mol. The second kappa shape index (κ2) is 4.95. The molecule has 0 amide bonds. The maximum absolute atomic E-state index is 13.5. The number of hydrogen-bond donors (Lipinski definition) is 1. The maximum atomic E-state index is 13.5. The number of nitrogens with zero attached hydrogens (tertiary/aromatic N) is 2. The number of anilines is 1. The summed E-state index contributed by atoms with van der Waals surface area (Å²) in [6.45, 7) is 0. The van der Waals surface area contributed by atoms with Gasteiger partial charge in [-0.25, -0.2) is 9.37 Å². The highest BCUT2D eigenvalue weighted by Gasteiger charge is 2.34. The summed E-state index contributed by atoms with van der Waals surface area (Å²) >= 11 is 0. The number of halogens is 4. The minimum atomic E-state index is -4.75. The average molecular weight is 287 g/mol. The molecule has 4 nitrogen and oxygen atoms in total. The first kappa shape index (κ1) is 14.0. The SMILES string of the molecule is COc1cc(-c2ccc(C(F)(F)F)c(F)c2)nc(N)n1. The predicted octanol–water partition coefficient (Wildman–Crippen LogP) is 2.89. The number of benzene rings is 1. The number of nitrogen functional groups attached to an aromatic ring is 1. The number of methoxy groups -OCH3 is 1. The Morgan fingerprint density at radius 2 is 1.85 bits per heavy atom. The molecule has 0 unspecified atom stereocenters. The molecule has 1 heterocycles. The van der Waals surface area contributed by atoms with Crippen molar-refractivity contribution in [3.63, 3.8) is 0 Å². The lowest BCUT2D eigenvalue weighted by molar-refractivity contribution is -0.139. The van der Waals surface area contributed by atoms with E-state index >= 15 is 0 Å².